The first-order chi connectivity index (χ1) is 7.79. The van der Waals surface area contributed by atoms with E-state index in [0.29, 0.717) is 16.5 Å². The molecule has 0 fully saturated rings. The molecule has 0 saturated carbocycles. The standard InChI is InChI=1S/C13H19Cl2NO/c1-13(2,3)16-7-6-12(17)9-4-5-10(14)11(15)8-9/h4-5,8,12,16-17H,6-7H2,1-3H3. The molecule has 0 spiro atoms. The second-order valence-electron chi connectivity index (χ2n) is 5.15. The smallest absolute Gasteiger partial charge is 0.0802 e. The van der Waals surface area contributed by atoms with Crippen LogP contribution in [0.4, 0.5) is 0 Å². The van der Waals surface area contributed by atoms with Gasteiger partial charge in [-0.05, 0) is 51.4 Å². The Morgan fingerprint density at radius 1 is 1.24 bits per heavy atom. The highest BCUT2D eigenvalue weighted by atomic mass is 35.5. The van der Waals surface area contributed by atoms with Gasteiger partial charge in [0.05, 0.1) is 16.1 Å². The summed E-state index contributed by atoms with van der Waals surface area (Å²) in [7, 11) is 0. The number of aliphatic hydroxyl groups is 1. The van der Waals surface area contributed by atoms with Crippen LogP contribution in [-0.2, 0) is 0 Å². The van der Waals surface area contributed by atoms with Crippen molar-refractivity contribution in [3.05, 3.63) is 33.8 Å². The quantitative estimate of drug-likeness (QED) is 0.876. The molecule has 0 aliphatic rings. The molecule has 1 aromatic rings. The molecule has 0 bridgehead atoms. The summed E-state index contributed by atoms with van der Waals surface area (Å²) < 4.78 is 0. The summed E-state index contributed by atoms with van der Waals surface area (Å²) in [6.45, 7) is 7.04. The van der Waals surface area contributed by atoms with Crippen LogP contribution >= 0.6 is 23.2 Å². The minimum absolute atomic E-state index is 0.0668. The highest BCUT2D eigenvalue weighted by molar-refractivity contribution is 6.42. The van der Waals surface area contributed by atoms with Crippen LogP contribution in [0.1, 0.15) is 38.9 Å². The summed E-state index contributed by atoms with van der Waals surface area (Å²) in [4.78, 5) is 0. The Hall–Kier alpha value is -0.280. The molecule has 1 rings (SSSR count). The molecule has 0 aliphatic heterocycles. The van der Waals surface area contributed by atoms with Crippen molar-refractivity contribution in [2.75, 3.05) is 6.54 Å². The van der Waals surface area contributed by atoms with Gasteiger partial charge in [0, 0.05) is 5.54 Å². The van der Waals surface area contributed by atoms with Gasteiger partial charge in [-0.25, -0.2) is 0 Å². The van der Waals surface area contributed by atoms with Gasteiger partial charge >= 0.3 is 0 Å². The van der Waals surface area contributed by atoms with Gasteiger partial charge in [-0.15, -0.1) is 0 Å². The van der Waals surface area contributed by atoms with Gasteiger partial charge in [-0.1, -0.05) is 29.3 Å². The van der Waals surface area contributed by atoms with E-state index in [1.54, 1.807) is 18.2 Å². The molecule has 96 valence electrons. The second kappa shape index (κ2) is 6.05. The molecule has 2 nitrogen and oxygen atoms in total. The van der Waals surface area contributed by atoms with E-state index >= 15 is 0 Å². The highest BCUT2D eigenvalue weighted by Gasteiger charge is 2.12. The summed E-state index contributed by atoms with van der Waals surface area (Å²) in [6, 6.07) is 5.22. The van der Waals surface area contributed by atoms with Crippen LogP contribution in [0.5, 0.6) is 0 Å². The zero-order valence-corrected chi connectivity index (χ0v) is 11.9. The van der Waals surface area contributed by atoms with Crippen LogP contribution in [-0.4, -0.2) is 17.2 Å². The first-order valence-corrected chi connectivity index (χ1v) is 6.43. The Bertz CT molecular complexity index is 374. The van der Waals surface area contributed by atoms with Crippen LogP contribution < -0.4 is 5.32 Å². The average Bonchev–Trinajstić information content (AvgIpc) is 2.20. The number of benzene rings is 1. The molecule has 0 saturated heterocycles. The van der Waals surface area contributed by atoms with Crippen molar-refractivity contribution in [1.82, 2.24) is 5.32 Å². The van der Waals surface area contributed by atoms with E-state index in [2.05, 4.69) is 26.1 Å². The SMILES string of the molecule is CC(C)(C)NCCC(O)c1ccc(Cl)c(Cl)c1. The van der Waals surface area contributed by atoms with Gasteiger partial charge in [0.15, 0.2) is 0 Å². The molecular weight excluding hydrogens is 257 g/mol. The van der Waals surface area contributed by atoms with Gasteiger partial charge in [0.25, 0.3) is 0 Å². The fourth-order valence-electron chi connectivity index (χ4n) is 1.47. The van der Waals surface area contributed by atoms with Gasteiger partial charge in [-0.3, -0.25) is 0 Å². The lowest BCUT2D eigenvalue weighted by molar-refractivity contribution is 0.163. The fraction of sp³-hybridized carbons (Fsp3) is 0.538. The normalized spacial score (nSPS) is 13.8. The molecule has 0 heterocycles. The van der Waals surface area contributed by atoms with E-state index < -0.39 is 6.10 Å². The van der Waals surface area contributed by atoms with Crippen molar-refractivity contribution in [2.45, 2.75) is 38.8 Å². The van der Waals surface area contributed by atoms with Gasteiger partial charge < -0.3 is 10.4 Å². The third-order valence-electron chi connectivity index (χ3n) is 2.40. The van der Waals surface area contributed by atoms with Crippen molar-refractivity contribution >= 4 is 23.2 Å². The summed E-state index contributed by atoms with van der Waals surface area (Å²) in [5, 5.41) is 14.3. The van der Waals surface area contributed by atoms with Gasteiger partial charge in [-0.2, -0.15) is 0 Å². The Balaban J connectivity index is 2.52. The number of hydrogen-bond acceptors (Lipinski definition) is 2. The lowest BCUT2D eigenvalue weighted by Gasteiger charge is -2.21. The first-order valence-electron chi connectivity index (χ1n) is 5.67. The van der Waals surface area contributed by atoms with Crippen LogP contribution in [0.3, 0.4) is 0 Å². The topological polar surface area (TPSA) is 32.3 Å². The number of hydrogen-bond donors (Lipinski definition) is 2. The largest absolute Gasteiger partial charge is 0.388 e. The Morgan fingerprint density at radius 2 is 1.88 bits per heavy atom. The highest BCUT2D eigenvalue weighted by Crippen LogP contribution is 2.26. The van der Waals surface area contributed by atoms with Crippen LogP contribution in [0.2, 0.25) is 10.0 Å². The Morgan fingerprint density at radius 3 is 2.41 bits per heavy atom. The van der Waals surface area contributed by atoms with Gasteiger partial charge in [0.1, 0.15) is 0 Å². The third-order valence-corrected chi connectivity index (χ3v) is 3.14. The monoisotopic (exact) mass is 275 g/mol. The number of rotatable bonds is 4. The molecule has 0 radical (unpaired) electrons. The fourth-order valence-corrected chi connectivity index (χ4v) is 1.78. The molecule has 1 atom stereocenters. The Labute approximate surface area is 113 Å². The molecular formula is C13H19Cl2NO. The van der Waals surface area contributed by atoms with E-state index in [4.69, 9.17) is 23.2 Å². The van der Waals surface area contributed by atoms with Crippen LogP contribution in [0.25, 0.3) is 0 Å². The lowest BCUT2D eigenvalue weighted by Crippen LogP contribution is -2.36. The molecule has 1 unspecified atom stereocenters. The van der Waals surface area contributed by atoms with Crippen LogP contribution in [0.15, 0.2) is 18.2 Å². The van der Waals surface area contributed by atoms with Crippen molar-refractivity contribution in [3.63, 3.8) is 0 Å². The second-order valence-corrected chi connectivity index (χ2v) is 5.97. The minimum atomic E-state index is -0.514. The van der Waals surface area contributed by atoms with E-state index in [-0.39, 0.29) is 5.54 Å². The molecule has 0 aliphatic carbocycles. The molecule has 0 aromatic heterocycles. The maximum atomic E-state index is 9.99. The van der Waals surface area contributed by atoms with E-state index in [1.165, 1.54) is 0 Å². The minimum Gasteiger partial charge on any atom is -0.388 e. The van der Waals surface area contributed by atoms with Crippen molar-refractivity contribution in [1.29, 1.82) is 0 Å². The molecule has 2 N–H and O–H groups in total. The maximum absolute atomic E-state index is 9.99. The predicted molar refractivity (Wildman–Crippen MR) is 73.8 cm³/mol. The van der Waals surface area contributed by atoms with E-state index in [9.17, 15) is 5.11 Å². The molecule has 4 heteroatoms. The van der Waals surface area contributed by atoms with Crippen molar-refractivity contribution in [3.8, 4) is 0 Å². The lowest BCUT2D eigenvalue weighted by atomic mass is 10.1. The van der Waals surface area contributed by atoms with E-state index in [1.807, 2.05) is 0 Å². The van der Waals surface area contributed by atoms with Crippen molar-refractivity contribution in [2.24, 2.45) is 0 Å². The summed E-state index contributed by atoms with van der Waals surface area (Å²) in [6.07, 6.45) is 0.134. The third kappa shape index (κ3) is 5.26. The maximum Gasteiger partial charge on any atom is 0.0802 e. The summed E-state index contributed by atoms with van der Waals surface area (Å²) in [5.74, 6) is 0. The average molecular weight is 276 g/mol. The molecule has 0 amide bonds. The predicted octanol–water partition coefficient (Wildman–Crippen LogP) is 3.81. The Kier molecular flexibility index (Phi) is 5.26. The van der Waals surface area contributed by atoms with Gasteiger partial charge in [0.2, 0.25) is 0 Å². The first kappa shape index (κ1) is 14.8. The number of nitrogens with one attached hydrogen (secondary N) is 1. The van der Waals surface area contributed by atoms with Crippen LogP contribution in [0, 0.1) is 0 Å². The zero-order valence-electron chi connectivity index (χ0n) is 10.4. The van der Waals surface area contributed by atoms with E-state index in [0.717, 1.165) is 12.1 Å². The van der Waals surface area contributed by atoms with Crippen molar-refractivity contribution < 1.29 is 5.11 Å². The number of aliphatic hydroxyl groups excluding tert-OH is 1. The summed E-state index contributed by atoms with van der Waals surface area (Å²) >= 11 is 11.7. The number of halogens is 2. The zero-order chi connectivity index (χ0) is 13.1. The molecule has 1 aromatic carbocycles. The molecule has 17 heavy (non-hydrogen) atoms. The summed E-state index contributed by atoms with van der Waals surface area (Å²) in [5.41, 5.74) is 0.868.